The molecular formula is C16H16F3N7. The number of rotatable bonds is 1. The molecule has 0 aliphatic carbocycles. The molecule has 0 saturated carbocycles. The van der Waals surface area contributed by atoms with Crippen LogP contribution >= 0.6 is 0 Å². The highest BCUT2D eigenvalue weighted by molar-refractivity contribution is 5.83. The first-order valence-electron chi connectivity index (χ1n) is 8.59. The minimum Gasteiger partial charge on any atom is -0.351 e. The molecule has 2 fully saturated rings. The van der Waals surface area contributed by atoms with Crippen LogP contribution in [0.4, 0.5) is 19.0 Å². The second-order valence-corrected chi connectivity index (χ2v) is 6.83. The van der Waals surface area contributed by atoms with Gasteiger partial charge in [0.1, 0.15) is 0 Å². The molecule has 0 spiro atoms. The van der Waals surface area contributed by atoms with Gasteiger partial charge in [0.15, 0.2) is 5.82 Å². The molecule has 7 nitrogen and oxygen atoms in total. The lowest BCUT2D eigenvalue weighted by Gasteiger charge is -2.38. The molecule has 0 amide bonds. The molecule has 2 aromatic heterocycles. The number of hydrogen-bond donors (Lipinski definition) is 0. The van der Waals surface area contributed by atoms with Gasteiger partial charge in [0.2, 0.25) is 5.65 Å². The van der Waals surface area contributed by atoms with E-state index in [1.165, 1.54) is 17.0 Å². The summed E-state index contributed by atoms with van der Waals surface area (Å²) in [5.74, 6) is 0.549. The number of hydrogen-bond acceptors (Lipinski definition) is 6. The van der Waals surface area contributed by atoms with E-state index in [4.69, 9.17) is 0 Å². The molecule has 1 atom stereocenters. The molecule has 5 rings (SSSR count). The van der Waals surface area contributed by atoms with Crippen LogP contribution in [0.2, 0.25) is 0 Å². The first-order chi connectivity index (χ1) is 12.5. The van der Waals surface area contributed by atoms with Crippen molar-refractivity contribution in [2.45, 2.75) is 25.1 Å². The average molecular weight is 363 g/mol. The molecule has 1 aromatic carbocycles. The number of anilines is 1. The zero-order valence-electron chi connectivity index (χ0n) is 13.8. The maximum atomic E-state index is 13.1. The van der Waals surface area contributed by atoms with E-state index in [1.54, 1.807) is 0 Å². The Bertz CT molecular complexity index is 983. The molecule has 2 aliphatic heterocycles. The predicted molar refractivity (Wildman–Crippen MR) is 87.9 cm³/mol. The Labute approximate surface area is 146 Å². The van der Waals surface area contributed by atoms with Gasteiger partial charge in [-0.05, 0) is 48.0 Å². The van der Waals surface area contributed by atoms with E-state index in [-0.39, 0.29) is 5.52 Å². The summed E-state index contributed by atoms with van der Waals surface area (Å²) in [5, 5.41) is 11.7. The third-order valence-electron chi connectivity index (χ3n) is 5.31. The van der Waals surface area contributed by atoms with E-state index >= 15 is 0 Å². The van der Waals surface area contributed by atoms with Crippen LogP contribution < -0.4 is 4.90 Å². The predicted octanol–water partition coefficient (Wildman–Crippen LogP) is 1.98. The Balaban J connectivity index is 1.64. The van der Waals surface area contributed by atoms with Crippen molar-refractivity contribution in [1.29, 1.82) is 0 Å². The van der Waals surface area contributed by atoms with Gasteiger partial charge in [0, 0.05) is 25.7 Å². The molecule has 2 saturated heterocycles. The van der Waals surface area contributed by atoms with Gasteiger partial charge in [-0.2, -0.15) is 17.7 Å². The van der Waals surface area contributed by atoms with Crippen LogP contribution in [-0.2, 0) is 6.18 Å². The molecule has 4 heterocycles. The summed E-state index contributed by atoms with van der Waals surface area (Å²) in [6.45, 7) is 3.58. The van der Waals surface area contributed by atoms with Crippen LogP contribution in [0.3, 0.4) is 0 Å². The van der Waals surface area contributed by atoms with Crippen molar-refractivity contribution in [2.75, 3.05) is 31.1 Å². The van der Waals surface area contributed by atoms with Crippen molar-refractivity contribution in [3.63, 3.8) is 0 Å². The van der Waals surface area contributed by atoms with E-state index in [9.17, 15) is 13.2 Å². The average Bonchev–Trinajstić information content (AvgIpc) is 3.28. The van der Waals surface area contributed by atoms with E-state index in [0.29, 0.717) is 23.0 Å². The number of aromatic nitrogens is 5. The van der Waals surface area contributed by atoms with Gasteiger partial charge in [-0.15, -0.1) is 5.10 Å². The summed E-state index contributed by atoms with van der Waals surface area (Å²) in [6, 6.07) is 3.92. The SMILES string of the molecule is FC(F)(F)c1ccc2c(c1)nc(N1CCN3CCCC3C1)c1nnnn12. The van der Waals surface area contributed by atoms with Crippen LogP contribution in [0, 0.1) is 0 Å². The van der Waals surface area contributed by atoms with Gasteiger partial charge in [-0.1, -0.05) is 0 Å². The standard InChI is InChI=1S/C16H16F3N7/c17-16(18,19)10-3-4-13-12(8-10)20-14(15-21-22-23-26(13)15)25-7-6-24-5-1-2-11(24)9-25/h3-4,8,11H,1-2,5-7,9H2. The van der Waals surface area contributed by atoms with Crippen molar-refractivity contribution < 1.29 is 13.2 Å². The fourth-order valence-corrected chi connectivity index (χ4v) is 4.02. The lowest BCUT2D eigenvalue weighted by Crippen LogP contribution is -2.50. The van der Waals surface area contributed by atoms with Crippen LogP contribution in [-0.4, -0.2) is 62.1 Å². The quantitative estimate of drug-likeness (QED) is 0.659. The number of fused-ring (bicyclic) bond motifs is 4. The van der Waals surface area contributed by atoms with E-state index in [2.05, 4.69) is 30.3 Å². The fraction of sp³-hybridized carbons (Fsp3) is 0.500. The van der Waals surface area contributed by atoms with Crippen LogP contribution in [0.15, 0.2) is 18.2 Å². The van der Waals surface area contributed by atoms with E-state index in [0.717, 1.165) is 44.7 Å². The third kappa shape index (κ3) is 2.39. The fourth-order valence-electron chi connectivity index (χ4n) is 4.02. The lowest BCUT2D eigenvalue weighted by molar-refractivity contribution is -0.137. The highest BCUT2D eigenvalue weighted by Crippen LogP contribution is 2.33. The molecule has 136 valence electrons. The minimum atomic E-state index is -4.42. The first-order valence-corrected chi connectivity index (χ1v) is 8.59. The summed E-state index contributed by atoms with van der Waals surface area (Å²) in [6.07, 6.45) is -2.11. The maximum absolute atomic E-state index is 13.1. The summed E-state index contributed by atoms with van der Waals surface area (Å²) < 4.78 is 40.7. The van der Waals surface area contributed by atoms with Gasteiger partial charge in [0.05, 0.1) is 16.6 Å². The second-order valence-electron chi connectivity index (χ2n) is 6.83. The summed E-state index contributed by atoms with van der Waals surface area (Å²) in [4.78, 5) is 9.08. The van der Waals surface area contributed by atoms with Crippen molar-refractivity contribution >= 4 is 22.5 Å². The van der Waals surface area contributed by atoms with Crippen molar-refractivity contribution in [2.24, 2.45) is 0 Å². The normalized spacial score (nSPS) is 21.7. The first kappa shape index (κ1) is 15.7. The number of nitrogens with zero attached hydrogens (tertiary/aromatic N) is 7. The number of piperazine rings is 1. The highest BCUT2D eigenvalue weighted by atomic mass is 19.4. The van der Waals surface area contributed by atoms with E-state index in [1.807, 2.05) is 0 Å². The second kappa shape index (κ2) is 5.50. The summed E-state index contributed by atoms with van der Waals surface area (Å²) in [5.41, 5.74) is 0.449. The zero-order chi connectivity index (χ0) is 17.9. The molecule has 3 aromatic rings. The molecule has 1 unspecified atom stereocenters. The number of halogens is 3. The molecule has 2 aliphatic rings. The van der Waals surface area contributed by atoms with Gasteiger partial charge in [0.25, 0.3) is 0 Å². The third-order valence-corrected chi connectivity index (χ3v) is 5.31. The van der Waals surface area contributed by atoms with Crippen molar-refractivity contribution in [1.82, 2.24) is 29.9 Å². The van der Waals surface area contributed by atoms with Crippen molar-refractivity contribution in [3.8, 4) is 0 Å². The number of tetrazole rings is 1. The molecule has 0 bridgehead atoms. The summed E-state index contributed by atoms with van der Waals surface area (Å²) in [7, 11) is 0. The molecule has 0 radical (unpaired) electrons. The Hall–Kier alpha value is -2.49. The van der Waals surface area contributed by atoms with Gasteiger partial charge in [-0.3, -0.25) is 4.90 Å². The Morgan fingerprint density at radius 2 is 2.00 bits per heavy atom. The molecule has 0 N–H and O–H groups in total. The van der Waals surface area contributed by atoms with E-state index < -0.39 is 11.7 Å². The largest absolute Gasteiger partial charge is 0.416 e. The topological polar surface area (TPSA) is 62.5 Å². The monoisotopic (exact) mass is 363 g/mol. The molecular weight excluding hydrogens is 347 g/mol. The number of benzene rings is 1. The minimum absolute atomic E-state index is 0.239. The van der Waals surface area contributed by atoms with Crippen LogP contribution in [0.1, 0.15) is 18.4 Å². The van der Waals surface area contributed by atoms with Crippen LogP contribution in [0.5, 0.6) is 0 Å². The summed E-state index contributed by atoms with van der Waals surface area (Å²) >= 11 is 0. The molecule has 10 heteroatoms. The Kier molecular flexibility index (Phi) is 3.33. The highest BCUT2D eigenvalue weighted by Gasteiger charge is 2.33. The van der Waals surface area contributed by atoms with Crippen LogP contribution in [0.25, 0.3) is 16.7 Å². The van der Waals surface area contributed by atoms with Gasteiger partial charge >= 0.3 is 6.18 Å². The maximum Gasteiger partial charge on any atom is 0.416 e. The van der Waals surface area contributed by atoms with Gasteiger partial charge in [-0.25, -0.2) is 4.98 Å². The lowest BCUT2D eigenvalue weighted by atomic mass is 10.1. The molecule has 26 heavy (non-hydrogen) atoms. The number of alkyl halides is 3. The Morgan fingerprint density at radius 3 is 2.85 bits per heavy atom. The Morgan fingerprint density at radius 1 is 1.12 bits per heavy atom. The smallest absolute Gasteiger partial charge is 0.351 e. The zero-order valence-corrected chi connectivity index (χ0v) is 13.8. The van der Waals surface area contributed by atoms with Crippen molar-refractivity contribution in [3.05, 3.63) is 23.8 Å². The van der Waals surface area contributed by atoms with Gasteiger partial charge < -0.3 is 4.90 Å².